The predicted octanol–water partition coefficient (Wildman–Crippen LogP) is 2.74. The first-order chi connectivity index (χ1) is 11.4. The third-order valence-electron chi connectivity index (χ3n) is 3.59. The number of benzene rings is 1. The third-order valence-corrected chi connectivity index (χ3v) is 5.11. The summed E-state index contributed by atoms with van der Waals surface area (Å²) in [6.45, 7) is 4.26. The number of nitrogens with zero attached hydrogens (tertiary/aromatic N) is 3. The number of pyridine rings is 1. The van der Waals surface area contributed by atoms with E-state index in [9.17, 15) is 8.42 Å². The van der Waals surface area contributed by atoms with E-state index in [4.69, 9.17) is 0 Å². The molecule has 0 radical (unpaired) electrons. The van der Waals surface area contributed by atoms with Gasteiger partial charge in [0.1, 0.15) is 0 Å². The highest BCUT2D eigenvalue weighted by Crippen LogP contribution is 2.19. The molecule has 124 valence electrons. The smallest absolute Gasteiger partial charge is 0.263 e. The Morgan fingerprint density at radius 2 is 1.83 bits per heavy atom. The minimum Gasteiger partial charge on any atom is -0.266 e. The van der Waals surface area contributed by atoms with E-state index in [2.05, 4.69) is 14.8 Å². The van der Waals surface area contributed by atoms with Gasteiger partial charge in [0.05, 0.1) is 11.4 Å². The van der Waals surface area contributed by atoms with Crippen molar-refractivity contribution in [2.24, 2.45) is 0 Å². The van der Waals surface area contributed by atoms with Crippen LogP contribution in [-0.4, -0.2) is 23.2 Å². The maximum absolute atomic E-state index is 12.5. The van der Waals surface area contributed by atoms with Crippen LogP contribution in [-0.2, 0) is 16.6 Å². The molecule has 2 heterocycles. The number of aryl methyl sites for hydroxylation is 2. The number of anilines is 1. The summed E-state index contributed by atoms with van der Waals surface area (Å²) in [6.07, 6.45) is 5.16. The Kier molecular flexibility index (Phi) is 4.35. The number of sulfonamides is 1. The molecule has 24 heavy (non-hydrogen) atoms. The number of aromatic nitrogens is 3. The van der Waals surface area contributed by atoms with E-state index >= 15 is 0 Å². The van der Waals surface area contributed by atoms with Crippen molar-refractivity contribution in [1.29, 1.82) is 0 Å². The van der Waals surface area contributed by atoms with E-state index in [0.29, 0.717) is 17.9 Å². The van der Waals surface area contributed by atoms with Crippen LogP contribution in [0.15, 0.2) is 59.9 Å². The largest absolute Gasteiger partial charge is 0.266 e. The van der Waals surface area contributed by atoms with Gasteiger partial charge in [-0.1, -0.05) is 17.7 Å². The van der Waals surface area contributed by atoms with Gasteiger partial charge in [-0.25, -0.2) is 8.42 Å². The first-order valence-electron chi connectivity index (χ1n) is 7.46. The zero-order valence-corrected chi connectivity index (χ0v) is 14.3. The fourth-order valence-electron chi connectivity index (χ4n) is 2.47. The van der Waals surface area contributed by atoms with Gasteiger partial charge >= 0.3 is 0 Å². The summed E-state index contributed by atoms with van der Waals surface area (Å²) in [5.74, 6) is 0.295. The fraction of sp³-hybridized carbons (Fsp3) is 0.176. The maximum atomic E-state index is 12.5. The molecule has 6 nitrogen and oxygen atoms in total. The molecule has 0 aliphatic carbocycles. The number of hydrogen-bond acceptors (Lipinski definition) is 4. The van der Waals surface area contributed by atoms with Crippen molar-refractivity contribution in [1.82, 2.24) is 14.8 Å². The molecule has 0 saturated carbocycles. The van der Waals surface area contributed by atoms with Crippen LogP contribution >= 0.6 is 0 Å². The Hall–Kier alpha value is -2.67. The highest BCUT2D eigenvalue weighted by atomic mass is 32.2. The molecule has 0 amide bonds. The molecule has 0 aliphatic heterocycles. The summed E-state index contributed by atoms with van der Waals surface area (Å²) in [6, 6.07) is 10.7. The van der Waals surface area contributed by atoms with Gasteiger partial charge < -0.3 is 0 Å². The normalized spacial score (nSPS) is 11.4. The first-order valence-corrected chi connectivity index (χ1v) is 8.95. The molecule has 0 unspecified atom stereocenters. The molecule has 7 heteroatoms. The topological polar surface area (TPSA) is 76.9 Å². The summed E-state index contributed by atoms with van der Waals surface area (Å²) in [5.41, 5.74) is 2.77. The molecule has 0 bridgehead atoms. The monoisotopic (exact) mass is 342 g/mol. The molecule has 2 aromatic heterocycles. The molecule has 0 spiro atoms. The summed E-state index contributed by atoms with van der Waals surface area (Å²) < 4.78 is 29.3. The lowest BCUT2D eigenvalue weighted by Crippen LogP contribution is -2.15. The van der Waals surface area contributed by atoms with Crippen LogP contribution in [0.3, 0.4) is 0 Å². The van der Waals surface area contributed by atoms with Crippen molar-refractivity contribution >= 4 is 15.8 Å². The third kappa shape index (κ3) is 3.62. The molecule has 0 atom stereocenters. The Labute approximate surface area is 141 Å². The van der Waals surface area contributed by atoms with Crippen molar-refractivity contribution < 1.29 is 8.42 Å². The molecular formula is C17H18N4O2S. The lowest BCUT2D eigenvalue weighted by Gasteiger charge is -2.09. The second-order valence-corrected chi connectivity index (χ2v) is 7.28. The van der Waals surface area contributed by atoms with E-state index in [-0.39, 0.29) is 4.90 Å². The molecule has 0 fully saturated rings. The van der Waals surface area contributed by atoms with Crippen LogP contribution in [0.25, 0.3) is 0 Å². The lowest BCUT2D eigenvalue weighted by atomic mass is 10.2. The molecule has 3 aromatic rings. The van der Waals surface area contributed by atoms with Crippen LogP contribution in [0, 0.1) is 13.8 Å². The van der Waals surface area contributed by atoms with Crippen molar-refractivity contribution in [2.75, 3.05) is 4.72 Å². The standard InChI is InChI=1S/C17H18N4O2S/c1-13-3-4-16(14(2)11-13)24(22,23)20-17-7-10-21(19-17)12-15-5-8-18-9-6-15/h3-11H,12H2,1-2H3,(H,19,20). The van der Waals surface area contributed by atoms with E-state index in [0.717, 1.165) is 11.1 Å². The van der Waals surface area contributed by atoms with E-state index in [1.807, 2.05) is 25.1 Å². The number of hydrogen-bond donors (Lipinski definition) is 1. The van der Waals surface area contributed by atoms with Gasteiger partial charge in [0.25, 0.3) is 10.0 Å². The average Bonchev–Trinajstić information content (AvgIpc) is 2.94. The van der Waals surface area contributed by atoms with Crippen LogP contribution in [0.1, 0.15) is 16.7 Å². The average molecular weight is 342 g/mol. The molecule has 3 rings (SSSR count). The van der Waals surface area contributed by atoms with Crippen LogP contribution in [0.4, 0.5) is 5.82 Å². The Morgan fingerprint density at radius 1 is 1.08 bits per heavy atom. The van der Waals surface area contributed by atoms with Crippen LogP contribution in [0.5, 0.6) is 0 Å². The van der Waals surface area contributed by atoms with E-state index in [1.54, 1.807) is 48.4 Å². The second-order valence-electron chi connectivity index (χ2n) is 5.63. The Morgan fingerprint density at radius 3 is 2.54 bits per heavy atom. The zero-order chi connectivity index (χ0) is 17.2. The van der Waals surface area contributed by atoms with Gasteiger partial charge in [-0.15, -0.1) is 0 Å². The van der Waals surface area contributed by atoms with E-state index < -0.39 is 10.0 Å². The molecule has 0 saturated heterocycles. The molecular weight excluding hydrogens is 324 g/mol. The number of rotatable bonds is 5. The van der Waals surface area contributed by atoms with Gasteiger partial charge in [-0.2, -0.15) is 5.10 Å². The quantitative estimate of drug-likeness (QED) is 0.773. The van der Waals surface area contributed by atoms with Gasteiger partial charge in [-0.3, -0.25) is 14.4 Å². The van der Waals surface area contributed by atoms with Crippen molar-refractivity contribution in [3.8, 4) is 0 Å². The zero-order valence-electron chi connectivity index (χ0n) is 13.5. The highest BCUT2D eigenvalue weighted by molar-refractivity contribution is 7.92. The molecule has 1 N–H and O–H groups in total. The van der Waals surface area contributed by atoms with Gasteiger partial charge in [0.2, 0.25) is 0 Å². The van der Waals surface area contributed by atoms with Gasteiger partial charge in [0, 0.05) is 24.7 Å². The maximum Gasteiger partial charge on any atom is 0.263 e. The minimum atomic E-state index is -3.66. The van der Waals surface area contributed by atoms with E-state index in [1.165, 1.54) is 0 Å². The SMILES string of the molecule is Cc1ccc(S(=O)(=O)Nc2ccn(Cc3ccncc3)n2)c(C)c1. The Bertz CT molecular complexity index is 950. The summed E-state index contributed by atoms with van der Waals surface area (Å²) in [5, 5.41) is 4.27. The molecule has 1 aromatic carbocycles. The van der Waals surface area contributed by atoms with Crippen molar-refractivity contribution in [3.63, 3.8) is 0 Å². The van der Waals surface area contributed by atoms with Crippen molar-refractivity contribution in [3.05, 3.63) is 71.7 Å². The van der Waals surface area contributed by atoms with Crippen LogP contribution < -0.4 is 4.72 Å². The van der Waals surface area contributed by atoms with Gasteiger partial charge in [0.15, 0.2) is 5.82 Å². The molecule has 0 aliphatic rings. The predicted molar refractivity (Wildman–Crippen MR) is 92.3 cm³/mol. The summed E-state index contributed by atoms with van der Waals surface area (Å²) in [4.78, 5) is 4.23. The first kappa shape index (κ1) is 16.2. The highest BCUT2D eigenvalue weighted by Gasteiger charge is 2.18. The van der Waals surface area contributed by atoms with Crippen LogP contribution in [0.2, 0.25) is 0 Å². The van der Waals surface area contributed by atoms with Gasteiger partial charge in [-0.05, 0) is 43.2 Å². The lowest BCUT2D eigenvalue weighted by molar-refractivity contribution is 0.600. The fourth-order valence-corrected chi connectivity index (χ4v) is 3.70. The number of nitrogens with one attached hydrogen (secondary N) is 1. The second kappa shape index (κ2) is 6.45. The van der Waals surface area contributed by atoms with Crippen molar-refractivity contribution in [2.45, 2.75) is 25.3 Å². The summed E-state index contributed by atoms with van der Waals surface area (Å²) in [7, 11) is -3.66. The summed E-state index contributed by atoms with van der Waals surface area (Å²) >= 11 is 0. The Balaban J connectivity index is 1.78. The minimum absolute atomic E-state index is 0.261.